The molecule has 1 aliphatic rings. The third kappa shape index (κ3) is 1.69. The van der Waals surface area contributed by atoms with E-state index in [-0.39, 0.29) is 0 Å². The minimum Gasteiger partial charge on any atom is -0.317 e. The average molecular weight is 193 g/mol. The fourth-order valence-electron chi connectivity index (χ4n) is 2.35. The van der Waals surface area contributed by atoms with E-state index < -0.39 is 0 Å². The standard InChI is InChI=1S/C11H19N3/c1-3-10-8(2)13-14-11(10)9-4-6-12-7-5-9/h9,12H,3-7H2,1-2H3,(H,13,14). The number of H-pyrrole nitrogens is 1. The van der Waals surface area contributed by atoms with Crippen LogP contribution in [0.2, 0.25) is 0 Å². The molecular weight excluding hydrogens is 174 g/mol. The molecule has 0 unspecified atom stereocenters. The van der Waals surface area contributed by atoms with Gasteiger partial charge in [-0.25, -0.2) is 0 Å². The van der Waals surface area contributed by atoms with Crippen LogP contribution >= 0.6 is 0 Å². The third-order valence-corrected chi connectivity index (χ3v) is 3.19. The van der Waals surface area contributed by atoms with Crippen LogP contribution in [-0.4, -0.2) is 23.3 Å². The van der Waals surface area contributed by atoms with Gasteiger partial charge in [-0.05, 0) is 44.8 Å². The van der Waals surface area contributed by atoms with Crippen molar-refractivity contribution < 1.29 is 0 Å². The van der Waals surface area contributed by atoms with Crippen LogP contribution in [-0.2, 0) is 6.42 Å². The number of piperidine rings is 1. The van der Waals surface area contributed by atoms with Gasteiger partial charge >= 0.3 is 0 Å². The van der Waals surface area contributed by atoms with Crippen molar-refractivity contribution in [3.63, 3.8) is 0 Å². The second-order valence-corrected chi connectivity index (χ2v) is 4.09. The van der Waals surface area contributed by atoms with Crippen LogP contribution in [0.1, 0.15) is 42.6 Å². The summed E-state index contributed by atoms with van der Waals surface area (Å²) in [4.78, 5) is 0. The Morgan fingerprint density at radius 2 is 2.07 bits per heavy atom. The van der Waals surface area contributed by atoms with Crippen LogP contribution in [0.25, 0.3) is 0 Å². The normalized spacial score (nSPS) is 18.7. The van der Waals surface area contributed by atoms with E-state index in [0.717, 1.165) is 19.5 Å². The lowest BCUT2D eigenvalue weighted by molar-refractivity contribution is 0.451. The predicted molar refractivity (Wildman–Crippen MR) is 57.5 cm³/mol. The molecule has 1 fully saturated rings. The summed E-state index contributed by atoms with van der Waals surface area (Å²) in [6, 6.07) is 0. The van der Waals surface area contributed by atoms with Crippen molar-refractivity contribution in [2.24, 2.45) is 0 Å². The first kappa shape index (κ1) is 9.71. The highest BCUT2D eigenvalue weighted by Crippen LogP contribution is 2.27. The van der Waals surface area contributed by atoms with E-state index in [1.54, 1.807) is 0 Å². The molecule has 1 aliphatic heterocycles. The van der Waals surface area contributed by atoms with Gasteiger partial charge in [-0.15, -0.1) is 0 Å². The maximum absolute atomic E-state index is 4.46. The molecule has 0 spiro atoms. The highest BCUT2D eigenvalue weighted by atomic mass is 15.1. The van der Waals surface area contributed by atoms with E-state index in [4.69, 9.17) is 0 Å². The Labute approximate surface area is 85.3 Å². The molecule has 0 amide bonds. The fraction of sp³-hybridized carbons (Fsp3) is 0.727. The van der Waals surface area contributed by atoms with Crippen molar-refractivity contribution in [1.29, 1.82) is 0 Å². The van der Waals surface area contributed by atoms with Crippen LogP contribution in [0.3, 0.4) is 0 Å². The van der Waals surface area contributed by atoms with Crippen molar-refractivity contribution in [3.05, 3.63) is 17.0 Å². The first-order valence-corrected chi connectivity index (χ1v) is 5.57. The Balaban J connectivity index is 2.21. The summed E-state index contributed by atoms with van der Waals surface area (Å²) < 4.78 is 0. The zero-order chi connectivity index (χ0) is 9.97. The number of rotatable bonds is 2. The zero-order valence-electron chi connectivity index (χ0n) is 9.06. The molecule has 78 valence electrons. The largest absolute Gasteiger partial charge is 0.317 e. The van der Waals surface area contributed by atoms with Crippen molar-refractivity contribution in [2.45, 2.75) is 39.0 Å². The summed E-state index contributed by atoms with van der Waals surface area (Å²) in [6.07, 6.45) is 3.57. The minimum absolute atomic E-state index is 0.677. The van der Waals surface area contributed by atoms with Crippen LogP contribution in [0.4, 0.5) is 0 Å². The van der Waals surface area contributed by atoms with Crippen LogP contribution < -0.4 is 5.32 Å². The number of hydrogen-bond donors (Lipinski definition) is 2. The molecule has 3 nitrogen and oxygen atoms in total. The summed E-state index contributed by atoms with van der Waals surface area (Å²) in [5, 5.41) is 11.0. The Kier molecular flexibility index (Phi) is 2.87. The molecule has 0 aromatic carbocycles. The highest BCUT2D eigenvalue weighted by molar-refractivity contribution is 5.27. The van der Waals surface area contributed by atoms with Gasteiger partial charge in [0.05, 0.1) is 5.69 Å². The molecule has 3 heteroatoms. The summed E-state index contributed by atoms with van der Waals surface area (Å²) in [5.74, 6) is 0.677. The van der Waals surface area contributed by atoms with Crippen molar-refractivity contribution in [2.75, 3.05) is 13.1 Å². The summed E-state index contributed by atoms with van der Waals surface area (Å²) >= 11 is 0. The molecule has 0 saturated carbocycles. The lowest BCUT2D eigenvalue weighted by atomic mass is 9.91. The van der Waals surface area contributed by atoms with Gasteiger partial charge in [-0.3, -0.25) is 5.10 Å². The molecule has 0 bridgehead atoms. The van der Waals surface area contributed by atoms with Crippen LogP contribution in [0, 0.1) is 6.92 Å². The highest BCUT2D eigenvalue weighted by Gasteiger charge is 2.21. The molecule has 1 saturated heterocycles. The van der Waals surface area contributed by atoms with Crippen molar-refractivity contribution >= 4 is 0 Å². The zero-order valence-corrected chi connectivity index (χ0v) is 9.06. The molecule has 1 aromatic heterocycles. The fourth-order valence-corrected chi connectivity index (χ4v) is 2.35. The Bertz CT molecular complexity index is 297. The quantitative estimate of drug-likeness (QED) is 0.751. The van der Waals surface area contributed by atoms with E-state index in [1.165, 1.54) is 29.8 Å². The lowest BCUT2D eigenvalue weighted by Crippen LogP contribution is -2.27. The van der Waals surface area contributed by atoms with E-state index in [1.807, 2.05) is 0 Å². The van der Waals surface area contributed by atoms with Gasteiger partial charge < -0.3 is 5.32 Å². The first-order chi connectivity index (χ1) is 6.83. The van der Waals surface area contributed by atoms with Gasteiger partial charge in [-0.1, -0.05) is 6.92 Å². The molecular formula is C11H19N3. The molecule has 2 rings (SSSR count). The van der Waals surface area contributed by atoms with E-state index in [0.29, 0.717) is 5.92 Å². The average Bonchev–Trinajstić information content (AvgIpc) is 2.61. The van der Waals surface area contributed by atoms with Gasteiger partial charge in [0.1, 0.15) is 0 Å². The van der Waals surface area contributed by atoms with Gasteiger partial charge in [-0.2, -0.15) is 5.10 Å². The van der Waals surface area contributed by atoms with Gasteiger partial charge in [0.25, 0.3) is 0 Å². The maximum Gasteiger partial charge on any atom is 0.0688 e. The lowest BCUT2D eigenvalue weighted by Gasteiger charge is -2.21. The van der Waals surface area contributed by atoms with Gasteiger partial charge in [0, 0.05) is 11.6 Å². The van der Waals surface area contributed by atoms with Crippen molar-refractivity contribution in [1.82, 2.24) is 15.5 Å². The van der Waals surface area contributed by atoms with E-state index in [2.05, 4.69) is 29.4 Å². The van der Waals surface area contributed by atoms with E-state index >= 15 is 0 Å². The molecule has 2 heterocycles. The number of aryl methyl sites for hydroxylation is 1. The number of hydrogen-bond acceptors (Lipinski definition) is 2. The van der Waals surface area contributed by atoms with Crippen LogP contribution in [0.5, 0.6) is 0 Å². The Morgan fingerprint density at radius 1 is 1.36 bits per heavy atom. The summed E-state index contributed by atoms with van der Waals surface area (Å²) in [7, 11) is 0. The van der Waals surface area contributed by atoms with Gasteiger partial charge in [0.2, 0.25) is 0 Å². The minimum atomic E-state index is 0.677. The Hall–Kier alpha value is -0.830. The SMILES string of the molecule is CCc1c(C2CCNCC2)n[nH]c1C. The second-order valence-electron chi connectivity index (χ2n) is 4.09. The third-order valence-electron chi connectivity index (χ3n) is 3.19. The van der Waals surface area contributed by atoms with Crippen molar-refractivity contribution in [3.8, 4) is 0 Å². The smallest absolute Gasteiger partial charge is 0.0688 e. The molecule has 0 radical (unpaired) electrons. The summed E-state index contributed by atoms with van der Waals surface area (Å²) in [6.45, 7) is 6.61. The van der Waals surface area contributed by atoms with Crippen LogP contribution in [0.15, 0.2) is 0 Å². The molecule has 1 aromatic rings. The van der Waals surface area contributed by atoms with Gasteiger partial charge in [0.15, 0.2) is 0 Å². The maximum atomic E-state index is 4.46. The second kappa shape index (κ2) is 4.13. The number of nitrogens with zero attached hydrogens (tertiary/aromatic N) is 1. The number of aromatic amines is 1. The topological polar surface area (TPSA) is 40.7 Å². The predicted octanol–water partition coefficient (Wildman–Crippen LogP) is 1.75. The number of aromatic nitrogens is 2. The molecule has 0 aliphatic carbocycles. The Morgan fingerprint density at radius 3 is 2.71 bits per heavy atom. The molecule has 0 atom stereocenters. The molecule has 14 heavy (non-hydrogen) atoms. The number of nitrogens with one attached hydrogen (secondary N) is 2. The molecule has 2 N–H and O–H groups in total. The summed E-state index contributed by atoms with van der Waals surface area (Å²) in [5.41, 5.74) is 4.02. The monoisotopic (exact) mass is 193 g/mol. The first-order valence-electron chi connectivity index (χ1n) is 5.57. The van der Waals surface area contributed by atoms with E-state index in [9.17, 15) is 0 Å².